The van der Waals surface area contributed by atoms with Crippen LogP contribution in [0.2, 0.25) is 0 Å². The molecule has 0 aliphatic carbocycles. The van der Waals surface area contributed by atoms with Gasteiger partial charge in [0, 0.05) is 4.88 Å². The van der Waals surface area contributed by atoms with Crippen LogP contribution in [0, 0.1) is 0 Å². The maximum Gasteiger partial charge on any atom is 0.411 e. The van der Waals surface area contributed by atoms with E-state index in [9.17, 15) is 13.2 Å². The van der Waals surface area contributed by atoms with Gasteiger partial charge in [0.15, 0.2) is 5.82 Å². The van der Waals surface area contributed by atoms with Gasteiger partial charge >= 0.3 is 6.18 Å². The molecule has 2 rings (SSSR count). The first-order chi connectivity index (χ1) is 8.96. The van der Waals surface area contributed by atoms with Crippen LogP contribution in [0.3, 0.4) is 0 Å². The molecule has 9 heteroatoms. The van der Waals surface area contributed by atoms with E-state index in [2.05, 4.69) is 14.9 Å². The normalized spacial score (nSPS) is 13.7. The van der Waals surface area contributed by atoms with Gasteiger partial charge in [0.2, 0.25) is 5.89 Å². The molecular formula is C10H10F3N3O2S. The van der Waals surface area contributed by atoms with Gasteiger partial charge in [0.05, 0.1) is 0 Å². The largest absolute Gasteiger partial charge is 0.411 e. The average molecular weight is 293 g/mol. The summed E-state index contributed by atoms with van der Waals surface area (Å²) >= 11 is 1.42. The number of nitrogens with zero attached hydrogens (tertiary/aromatic N) is 2. The highest BCUT2D eigenvalue weighted by Crippen LogP contribution is 2.22. The first-order valence-electron chi connectivity index (χ1n) is 5.21. The predicted octanol–water partition coefficient (Wildman–Crippen LogP) is 2.26. The van der Waals surface area contributed by atoms with Crippen LogP contribution in [0.25, 0.3) is 0 Å². The van der Waals surface area contributed by atoms with E-state index >= 15 is 0 Å². The summed E-state index contributed by atoms with van der Waals surface area (Å²) in [6.45, 7) is -1.73. The third-order valence-electron chi connectivity index (χ3n) is 2.10. The van der Waals surface area contributed by atoms with Crippen LogP contribution in [-0.4, -0.2) is 22.9 Å². The molecule has 0 amide bonds. The van der Waals surface area contributed by atoms with Crippen LogP contribution in [0.5, 0.6) is 0 Å². The Morgan fingerprint density at radius 3 is 2.89 bits per heavy atom. The number of alkyl halides is 3. The maximum absolute atomic E-state index is 11.9. The molecule has 5 nitrogen and oxygen atoms in total. The first-order valence-corrected chi connectivity index (χ1v) is 6.09. The lowest BCUT2D eigenvalue weighted by atomic mass is 10.2. The van der Waals surface area contributed by atoms with Crippen LogP contribution >= 0.6 is 11.3 Å². The lowest BCUT2D eigenvalue weighted by molar-refractivity contribution is -0.177. The average Bonchev–Trinajstić information content (AvgIpc) is 2.97. The van der Waals surface area contributed by atoms with E-state index < -0.39 is 18.8 Å². The van der Waals surface area contributed by atoms with Crippen molar-refractivity contribution in [1.29, 1.82) is 0 Å². The fraction of sp³-hybridized carbons (Fsp3) is 0.400. The zero-order valence-electron chi connectivity index (χ0n) is 9.55. The standard InChI is InChI=1S/C10H10F3N3O2S/c11-10(12,13)5-17-4-7-15-9(18-16-7)8(14)6-2-1-3-19-6/h1-3,8H,4-5,14H2. The Morgan fingerprint density at radius 1 is 1.47 bits per heavy atom. The summed E-state index contributed by atoms with van der Waals surface area (Å²) in [7, 11) is 0. The topological polar surface area (TPSA) is 74.2 Å². The van der Waals surface area contributed by atoms with Crippen molar-refractivity contribution < 1.29 is 22.4 Å². The van der Waals surface area contributed by atoms with Crippen LogP contribution in [-0.2, 0) is 11.3 Å². The van der Waals surface area contributed by atoms with E-state index in [1.807, 2.05) is 11.4 Å². The molecule has 0 saturated heterocycles. The van der Waals surface area contributed by atoms with Gasteiger partial charge in [-0.2, -0.15) is 18.2 Å². The van der Waals surface area contributed by atoms with Crippen LogP contribution in [0.1, 0.15) is 22.6 Å². The molecule has 0 bridgehead atoms. The zero-order valence-corrected chi connectivity index (χ0v) is 10.4. The molecular weight excluding hydrogens is 283 g/mol. The summed E-state index contributed by atoms with van der Waals surface area (Å²) in [5.41, 5.74) is 5.87. The lowest BCUT2D eigenvalue weighted by Gasteiger charge is -2.04. The number of nitrogens with two attached hydrogens (primary N) is 1. The molecule has 0 fully saturated rings. The summed E-state index contributed by atoms with van der Waals surface area (Å²) in [5, 5.41) is 5.36. The zero-order chi connectivity index (χ0) is 13.9. The van der Waals surface area contributed by atoms with Crippen LogP contribution < -0.4 is 5.73 Å². The highest BCUT2D eigenvalue weighted by Gasteiger charge is 2.27. The number of halogens is 3. The molecule has 0 aromatic carbocycles. The highest BCUT2D eigenvalue weighted by atomic mass is 32.1. The van der Waals surface area contributed by atoms with Crippen molar-refractivity contribution in [3.63, 3.8) is 0 Å². The number of aromatic nitrogens is 2. The quantitative estimate of drug-likeness (QED) is 0.915. The molecule has 0 saturated carbocycles. The van der Waals surface area contributed by atoms with Gasteiger partial charge in [-0.15, -0.1) is 11.3 Å². The van der Waals surface area contributed by atoms with Gasteiger partial charge in [-0.1, -0.05) is 11.2 Å². The van der Waals surface area contributed by atoms with Crippen LogP contribution in [0.15, 0.2) is 22.0 Å². The van der Waals surface area contributed by atoms with E-state index in [-0.39, 0.29) is 18.3 Å². The minimum atomic E-state index is -4.38. The maximum atomic E-state index is 11.9. The molecule has 2 heterocycles. The SMILES string of the molecule is NC(c1nc(COCC(F)(F)F)no1)c1cccs1. The molecule has 0 spiro atoms. The van der Waals surface area contributed by atoms with Crippen molar-refractivity contribution in [3.05, 3.63) is 34.1 Å². The Bertz CT molecular complexity index is 512. The van der Waals surface area contributed by atoms with Gasteiger partial charge in [-0.3, -0.25) is 0 Å². The smallest absolute Gasteiger partial charge is 0.364 e. The molecule has 0 aliphatic rings. The Kier molecular flexibility index (Phi) is 4.17. The Hall–Kier alpha value is -1.45. The summed E-state index contributed by atoms with van der Waals surface area (Å²) in [6, 6.07) is 3.05. The Labute approximate surface area is 110 Å². The second-order valence-corrected chi connectivity index (χ2v) is 4.63. The highest BCUT2D eigenvalue weighted by molar-refractivity contribution is 7.10. The van der Waals surface area contributed by atoms with E-state index in [1.165, 1.54) is 11.3 Å². The molecule has 1 atom stereocenters. The summed E-state index contributed by atoms with van der Waals surface area (Å²) in [6.07, 6.45) is -4.38. The van der Waals surface area contributed by atoms with Crippen molar-refractivity contribution >= 4 is 11.3 Å². The number of rotatable bonds is 5. The van der Waals surface area contributed by atoms with Crippen molar-refractivity contribution in [3.8, 4) is 0 Å². The first kappa shape index (κ1) is 14.0. The van der Waals surface area contributed by atoms with Crippen molar-refractivity contribution in [2.75, 3.05) is 6.61 Å². The van der Waals surface area contributed by atoms with Gasteiger partial charge in [-0.25, -0.2) is 0 Å². The van der Waals surface area contributed by atoms with Crippen molar-refractivity contribution in [1.82, 2.24) is 10.1 Å². The minimum absolute atomic E-state index is 0.0336. The molecule has 2 aromatic rings. The van der Waals surface area contributed by atoms with E-state index in [1.54, 1.807) is 6.07 Å². The van der Waals surface area contributed by atoms with E-state index in [0.29, 0.717) is 0 Å². The van der Waals surface area contributed by atoms with Crippen molar-refractivity contribution in [2.24, 2.45) is 5.73 Å². The fourth-order valence-corrected chi connectivity index (χ4v) is 2.02. The fourth-order valence-electron chi connectivity index (χ4n) is 1.30. The molecule has 0 radical (unpaired) electrons. The van der Waals surface area contributed by atoms with E-state index in [4.69, 9.17) is 10.3 Å². The van der Waals surface area contributed by atoms with Crippen molar-refractivity contribution in [2.45, 2.75) is 18.8 Å². The van der Waals surface area contributed by atoms with E-state index in [0.717, 1.165) is 4.88 Å². The van der Waals surface area contributed by atoms with Gasteiger partial charge in [0.1, 0.15) is 19.3 Å². The Balaban J connectivity index is 1.92. The molecule has 19 heavy (non-hydrogen) atoms. The molecule has 2 N–H and O–H groups in total. The minimum Gasteiger partial charge on any atom is -0.364 e. The predicted molar refractivity (Wildman–Crippen MR) is 60.4 cm³/mol. The monoisotopic (exact) mass is 293 g/mol. The summed E-state index contributed by atoms with van der Waals surface area (Å²) < 4.78 is 44.9. The Morgan fingerprint density at radius 2 is 2.26 bits per heavy atom. The number of hydrogen-bond donors (Lipinski definition) is 1. The lowest BCUT2D eigenvalue weighted by Crippen LogP contribution is -2.17. The molecule has 104 valence electrons. The number of ether oxygens (including phenoxy) is 1. The second-order valence-electron chi connectivity index (χ2n) is 3.65. The van der Waals surface area contributed by atoms with Gasteiger partial charge in [0.25, 0.3) is 0 Å². The third-order valence-corrected chi connectivity index (χ3v) is 3.05. The second kappa shape index (κ2) is 5.68. The number of thiophene rings is 1. The van der Waals surface area contributed by atoms with Gasteiger partial charge < -0.3 is 15.0 Å². The number of hydrogen-bond acceptors (Lipinski definition) is 6. The van der Waals surface area contributed by atoms with Crippen LogP contribution in [0.4, 0.5) is 13.2 Å². The molecule has 0 aliphatic heterocycles. The third kappa shape index (κ3) is 4.01. The summed E-state index contributed by atoms with van der Waals surface area (Å²) in [4.78, 5) is 4.72. The molecule has 2 aromatic heterocycles. The van der Waals surface area contributed by atoms with Gasteiger partial charge in [-0.05, 0) is 11.4 Å². The molecule has 1 unspecified atom stereocenters. The summed E-state index contributed by atoms with van der Waals surface area (Å²) in [5.74, 6) is 0.180.